The molecule has 2 N–H and O–H groups in total. The van der Waals surface area contributed by atoms with E-state index in [1.165, 1.54) is 7.11 Å². The summed E-state index contributed by atoms with van der Waals surface area (Å²) in [6, 6.07) is 3.49. The van der Waals surface area contributed by atoms with E-state index >= 15 is 0 Å². The van der Waals surface area contributed by atoms with Gasteiger partial charge in [0, 0.05) is 11.1 Å². The molecule has 0 unspecified atom stereocenters. The lowest BCUT2D eigenvalue weighted by Gasteiger charge is -2.18. The van der Waals surface area contributed by atoms with Crippen LogP contribution >= 0.6 is 0 Å². The molecule has 18 heavy (non-hydrogen) atoms. The summed E-state index contributed by atoms with van der Waals surface area (Å²) >= 11 is 0. The Kier molecular flexibility index (Phi) is 5.04. The van der Waals surface area contributed by atoms with Crippen LogP contribution in [-0.4, -0.2) is 30.5 Å². The van der Waals surface area contributed by atoms with Crippen molar-refractivity contribution < 1.29 is 19.7 Å². The lowest BCUT2D eigenvalue weighted by molar-refractivity contribution is 0.195. The van der Waals surface area contributed by atoms with Crippen molar-refractivity contribution in [2.75, 3.05) is 20.3 Å². The summed E-state index contributed by atoms with van der Waals surface area (Å²) in [4.78, 5) is 0. The Labute approximate surface area is 107 Å². The standard InChI is InChI=1S/C14H20O4/c1-9(2)12-7-11(10(3)16)8-13(17-4)14(12)18-6-5-15/h7-9,15-16H,3,5-6H2,1-2,4H3. The molecule has 0 aliphatic carbocycles. The van der Waals surface area contributed by atoms with E-state index in [2.05, 4.69) is 6.58 Å². The SMILES string of the molecule is C=C(O)c1cc(OC)c(OCCO)c(C(C)C)c1. The lowest BCUT2D eigenvalue weighted by atomic mass is 9.98. The minimum atomic E-state index is -0.0604. The second kappa shape index (κ2) is 6.31. The van der Waals surface area contributed by atoms with Crippen LogP contribution in [0, 0.1) is 0 Å². The Bertz CT molecular complexity index is 424. The number of rotatable bonds is 6. The number of hydrogen-bond acceptors (Lipinski definition) is 4. The predicted molar refractivity (Wildman–Crippen MR) is 71.3 cm³/mol. The molecular formula is C14H20O4. The van der Waals surface area contributed by atoms with E-state index in [-0.39, 0.29) is 24.9 Å². The first-order chi connectivity index (χ1) is 8.51. The van der Waals surface area contributed by atoms with Gasteiger partial charge in [-0.25, -0.2) is 0 Å². The Morgan fingerprint density at radius 2 is 2.06 bits per heavy atom. The van der Waals surface area contributed by atoms with Gasteiger partial charge in [-0.2, -0.15) is 0 Å². The van der Waals surface area contributed by atoms with Crippen molar-refractivity contribution in [3.8, 4) is 11.5 Å². The fourth-order valence-electron chi connectivity index (χ4n) is 1.67. The monoisotopic (exact) mass is 252 g/mol. The molecule has 0 radical (unpaired) electrons. The number of hydrogen-bond donors (Lipinski definition) is 2. The van der Waals surface area contributed by atoms with Gasteiger partial charge in [-0.05, 0) is 18.1 Å². The third-order valence-electron chi connectivity index (χ3n) is 2.60. The number of aliphatic hydroxyl groups excluding tert-OH is 2. The predicted octanol–water partition coefficient (Wildman–Crippen LogP) is 2.72. The van der Waals surface area contributed by atoms with E-state index in [9.17, 15) is 5.11 Å². The first-order valence-corrected chi connectivity index (χ1v) is 5.85. The maximum absolute atomic E-state index is 9.49. The van der Waals surface area contributed by atoms with Crippen molar-refractivity contribution in [2.45, 2.75) is 19.8 Å². The van der Waals surface area contributed by atoms with Crippen LogP contribution in [0.5, 0.6) is 11.5 Å². The normalized spacial score (nSPS) is 10.5. The maximum Gasteiger partial charge on any atom is 0.164 e. The quantitative estimate of drug-likeness (QED) is 0.764. The Balaban J connectivity index is 3.31. The summed E-state index contributed by atoms with van der Waals surface area (Å²) < 4.78 is 10.8. The van der Waals surface area contributed by atoms with Crippen molar-refractivity contribution in [2.24, 2.45) is 0 Å². The zero-order valence-corrected chi connectivity index (χ0v) is 11.1. The van der Waals surface area contributed by atoms with Crippen LogP contribution in [0.25, 0.3) is 5.76 Å². The summed E-state index contributed by atoms with van der Waals surface area (Å²) in [5.41, 5.74) is 1.51. The van der Waals surface area contributed by atoms with Crippen LogP contribution in [0.3, 0.4) is 0 Å². The molecule has 1 aromatic carbocycles. The summed E-state index contributed by atoms with van der Waals surface area (Å²) in [6.45, 7) is 7.69. The molecule has 100 valence electrons. The molecule has 0 aliphatic rings. The van der Waals surface area contributed by atoms with Crippen molar-refractivity contribution in [1.82, 2.24) is 0 Å². The molecule has 1 aromatic rings. The summed E-state index contributed by atoms with van der Waals surface area (Å²) in [5, 5.41) is 18.3. The molecule has 0 aromatic heterocycles. The van der Waals surface area contributed by atoms with Crippen LogP contribution < -0.4 is 9.47 Å². The van der Waals surface area contributed by atoms with Crippen molar-refractivity contribution in [3.63, 3.8) is 0 Å². The van der Waals surface area contributed by atoms with E-state index in [1.54, 1.807) is 6.07 Å². The molecule has 0 amide bonds. The van der Waals surface area contributed by atoms with Crippen LogP contribution in [0.2, 0.25) is 0 Å². The van der Waals surface area contributed by atoms with Gasteiger partial charge in [-0.1, -0.05) is 20.4 Å². The average Bonchev–Trinajstić information content (AvgIpc) is 2.34. The highest BCUT2D eigenvalue weighted by Gasteiger charge is 2.16. The minimum Gasteiger partial charge on any atom is -0.508 e. The zero-order valence-electron chi connectivity index (χ0n) is 11.1. The van der Waals surface area contributed by atoms with Crippen LogP contribution in [-0.2, 0) is 0 Å². The highest BCUT2D eigenvalue weighted by Crippen LogP contribution is 2.38. The van der Waals surface area contributed by atoms with Gasteiger partial charge < -0.3 is 19.7 Å². The second-order valence-electron chi connectivity index (χ2n) is 4.27. The van der Waals surface area contributed by atoms with Gasteiger partial charge >= 0.3 is 0 Å². The molecule has 0 saturated heterocycles. The molecule has 0 bridgehead atoms. The fourth-order valence-corrected chi connectivity index (χ4v) is 1.67. The highest BCUT2D eigenvalue weighted by atomic mass is 16.5. The van der Waals surface area contributed by atoms with Gasteiger partial charge in [0.15, 0.2) is 11.5 Å². The molecular weight excluding hydrogens is 232 g/mol. The molecule has 0 atom stereocenters. The largest absolute Gasteiger partial charge is 0.508 e. The zero-order chi connectivity index (χ0) is 13.7. The third-order valence-corrected chi connectivity index (χ3v) is 2.60. The Morgan fingerprint density at radius 3 is 2.50 bits per heavy atom. The van der Waals surface area contributed by atoms with Crippen LogP contribution in [0.1, 0.15) is 30.9 Å². The van der Waals surface area contributed by atoms with Crippen molar-refractivity contribution in [1.29, 1.82) is 0 Å². The number of aliphatic hydroxyl groups is 2. The maximum atomic E-state index is 9.49. The smallest absolute Gasteiger partial charge is 0.164 e. The first-order valence-electron chi connectivity index (χ1n) is 5.85. The topological polar surface area (TPSA) is 58.9 Å². The lowest BCUT2D eigenvalue weighted by Crippen LogP contribution is -2.07. The van der Waals surface area contributed by atoms with Crippen LogP contribution in [0.15, 0.2) is 18.7 Å². The fraction of sp³-hybridized carbons (Fsp3) is 0.429. The van der Waals surface area contributed by atoms with Gasteiger partial charge in [-0.15, -0.1) is 0 Å². The Hall–Kier alpha value is -1.68. The molecule has 0 spiro atoms. The van der Waals surface area contributed by atoms with E-state index in [0.717, 1.165) is 5.56 Å². The van der Waals surface area contributed by atoms with Crippen molar-refractivity contribution >= 4 is 5.76 Å². The molecule has 4 nitrogen and oxygen atoms in total. The van der Waals surface area contributed by atoms with Gasteiger partial charge in [0.25, 0.3) is 0 Å². The minimum absolute atomic E-state index is 0.0103. The van der Waals surface area contributed by atoms with E-state index in [4.69, 9.17) is 14.6 Å². The van der Waals surface area contributed by atoms with E-state index in [1.807, 2.05) is 19.9 Å². The molecule has 0 fully saturated rings. The van der Waals surface area contributed by atoms with Crippen LogP contribution in [0.4, 0.5) is 0 Å². The van der Waals surface area contributed by atoms with Gasteiger partial charge in [0.05, 0.1) is 13.7 Å². The molecule has 1 rings (SSSR count). The third kappa shape index (κ3) is 3.17. The molecule has 0 aliphatic heterocycles. The second-order valence-corrected chi connectivity index (χ2v) is 4.27. The van der Waals surface area contributed by atoms with Crippen molar-refractivity contribution in [3.05, 3.63) is 29.8 Å². The summed E-state index contributed by atoms with van der Waals surface area (Å²) in [5.74, 6) is 1.32. The highest BCUT2D eigenvalue weighted by molar-refractivity contribution is 5.63. The molecule has 0 saturated carbocycles. The summed E-state index contributed by atoms with van der Waals surface area (Å²) in [7, 11) is 1.54. The molecule has 4 heteroatoms. The number of benzene rings is 1. The van der Waals surface area contributed by atoms with E-state index < -0.39 is 0 Å². The Morgan fingerprint density at radius 1 is 1.39 bits per heavy atom. The summed E-state index contributed by atoms with van der Waals surface area (Å²) in [6.07, 6.45) is 0. The number of methoxy groups -OCH3 is 1. The average molecular weight is 252 g/mol. The van der Waals surface area contributed by atoms with E-state index in [0.29, 0.717) is 17.1 Å². The number of ether oxygens (including phenoxy) is 2. The van der Waals surface area contributed by atoms with Gasteiger partial charge in [0.1, 0.15) is 12.4 Å². The van der Waals surface area contributed by atoms with Gasteiger partial charge in [-0.3, -0.25) is 0 Å². The first kappa shape index (κ1) is 14.4. The van der Waals surface area contributed by atoms with Gasteiger partial charge in [0.2, 0.25) is 0 Å². The molecule has 0 heterocycles.